The fraction of sp³-hybridized carbons (Fsp3) is 0.818. The van der Waals surface area contributed by atoms with Gasteiger partial charge in [0.2, 0.25) is 0 Å². The number of aliphatic carboxylic acids is 1. The van der Waals surface area contributed by atoms with Gasteiger partial charge in [-0.2, -0.15) is 0 Å². The second-order valence-corrected chi connectivity index (χ2v) is 4.95. The van der Waals surface area contributed by atoms with Gasteiger partial charge in [-0.15, -0.1) is 0 Å². The molecule has 1 aliphatic heterocycles. The molecule has 2 fully saturated rings. The number of carbonyl (C=O) groups excluding carboxylic acids is 1. The van der Waals surface area contributed by atoms with Gasteiger partial charge in [0.25, 0.3) is 0 Å². The molecule has 2 rings (SSSR count). The van der Waals surface area contributed by atoms with Gasteiger partial charge >= 0.3 is 12.0 Å². The number of likely N-dealkylation sites (tertiary alicyclic amines) is 1. The molecule has 0 aromatic heterocycles. The highest BCUT2D eigenvalue weighted by Gasteiger charge is 2.46. The number of aliphatic hydroxyl groups is 1. The molecule has 6 heteroatoms. The van der Waals surface area contributed by atoms with Gasteiger partial charge in [0.15, 0.2) is 0 Å². The molecule has 0 spiro atoms. The van der Waals surface area contributed by atoms with Crippen LogP contribution in [0, 0.1) is 5.92 Å². The molecule has 0 aromatic carbocycles. The molecule has 1 heterocycles. The molecule has 1 aliphatic carbocycles. The van der Waals surface area contributed by atoms with E-state index < -0.39 is 11.5 Å². The van der Waals surface area contributed by atoms with Gasteiger partial charge in [-0.05, 0) is 25.7 Å². The number of hydrogen-bond acceptors (Lipinski definition) is 3. The minimum absolute atomic E-state index is 0.0772. The third kappa shape index (κ3) is 2.22. The maximum atomic E-state index is 11.9. The van der Waals surface area contributed by atoms with E-state index in [0.717, 1.165) is 12.8 Å². The summed E-state index contributed by atoms with van der Waals surface area (Å²) >= 11 is 0. The van der Waals surface area contributed by atoms with Gasteiger partial charge in [0.1, 0.15) is 5.54 Å². The van der Waals surface area contributed by atoms with Gasteiger partial charge in [0.05, 0.1) is 0 Å². The Kier molecular flexibility index (Phi) is 3.24. The summed E-state index contributed by atoms with van der Waals surface area (Å²) in [4.78, 5) is 24.6. The number of carboxylic acids is 1. The Bertz CT molecular complexity index is 327. The highest BCUT2D eigenvalue weighted by molar-refractivity contribution is 5.87. The molecule has 2 aliphatic rings. The van der Waals surface area contributed by atoms with Crippen molar-refractivity contribution in [1.82, 2.24) is 10.2 Å². The standard InChI is InChI=1S/C11H18N2O4/c14-7-8-2-5-13(6-8)10(17)12-11(9(15)16)3-1-4-11/h8,14H,1-7H2,(H,12,17)(H,15,16). The highest BCUT2D eigenvalue weighted by Crippen LogP contribution is 2.32. The first-order valence-electron chi connectivity index (χ1n) is 5.99. The topological polar surface area (TPSA) is 89.9 Å². The molecule has 17 heavy (non-hydrogen) atoms. The van der Waals surface area contributed by atoms with Crippen LogP contribution in [0.4, 0.5) is 4.79 Å². The first kappa shape index (κ1) is 12.2. The molecule has 96 valence electrons. The van der Waals surface area contributed by atoms with E-state index in [1.165, 1.54) is 0 Å². The zero-order valence-electron chi connectivity index (χ0n) is 9.69. The number of nitrogens with one attached hydrogen (secondary N) is 1. The van der Waals surface area contributed by atoms with Crippen LogP contribution in [0.2, 0.25) is 0 Å². The van der Waals surface area contributed by atoms with Crippen molar-refractivity contribution in [3.05, 3.63) is 0 Å². The van der Waals surface area contributed by atoms with Crippen molar-refractivity contribution >= 4 is 12.0 Å². The Morgan fingerprint density at radius 2 is 2.12 bits per heavy atom. The average molecular weight is 242 g/mol. The minimum atomic E-state index is -1.05. The Morgan fingerprint density at radius 1 is 1.41 bits per heavy atom. The maximum absolute atomic E-state index is 11.9. The molecule has 1 saturated heterocycles. The van der Waals surface area contributed by atoms with Crippen LogP contribution in [-0.4, -0.2) is 52.3 Å². The lowest BCUT2D eigenvalue weighted by Gasteiger charge is -2.39. The largest absolute Gasteiger partial charge is 0.480 e. The number of carboxylic acid groups (broad SMARTS) is 1. The Balaban J connectivity index is 1.91. The molecule has 0 bridgehead atoms. The van der Waals surface area contributed by atoms with E-state index in [9.17, 15) is 9.59 Å². The maximum Gasteiger partial charge on any atom is 0.329 e. The smallest absolute Gasteiger partial charge is 0.329 e. The molecule has 6 nitrogen and oxygen atoms in total. The van der Waals surface area contributed by atoms with Crippen LogP contribution in [0.25, 0.3) is 0 Å². The summed E-state index contributed by atoms with van der Waals surface area (Å²) in [5, 5.41) is 20.7. The van der Waals surface area contributed by atoms with Gasteiger partial charge < -0.3 is 20.4 Å². The van der Waals surface area contributed by atoms with Crippen molar-refractivity contribution in [2.45, 2.75) is 31.2 Å². The lowest BCUT2D eigenvalue weighted by atomic mass is 9.77. The summed E-state index contributed by atoms with van der Waals surface area (Å²) < 4.78 is 0. The van der Waals surface area contributed by atoms with E-state index in [4.69, 9.17) is 10.2 Å². The zero-order chi connectivity index (χ0) is 12.5. The van der Waals surface area contributed by atoms with Crippen LogP contribution in [0.3, 0.4) is 0 Å². The van der Waals surface area contributed by atoms with Crippen molar-refractivity contribution in [3.63, 3.8) is 0 Å². The normalized spacial score (nSPS) is 26.4. The second kappa shape index (κ2) is 4.52. The lowest BCUT2D eigenvalue weighted by Crippen LogP contribution is -2.61. The van der Waals surface area contributed by atoms with Crippen molar-refractivity contribution in [1.29, 1.82) is 0 Å². The fourth-order valence-corrected chi connectivity index (χ4v) is 2.37. The number of amides is 2. The second-order valence-electron chi connectivity index (χ2n) is 4.95. The minimum Gasteiger partial charge on any atom is -0.480 e. The number of hydrogen-bond donors (Lipinski definition) is 3. The Labute approximate surface area is 99.6 Å². The molecule has 3 N–H and O–H groups in total. The fourth-order valence-electron chi connectivity index (χ4n) is 2.37. The highest BCUT2D eigenvalue weighted by atomic mass is 16.4. The third-order valence-electron chi connectivity index (χ3n) is 3.79. The van der Waals surface area contributed by atoms with E-state index in [-0.39, 0.29) is 18.6 Å². The van der Waals surface area contributed by atoms with Gasteiger partial charge in [-0.25, -0.2) is 9.59 Å². The average Bonchev–Trinajstić information content (AvgIpc) is 2.71. The molecule has 0 radical (unpaired) electrons. The van der Waals surface area contributed by atoms with Gasteiger partial charge in [-0.1, -0.05) is 0 Å². The number of aliphatic hydroxyl groups excluding tert-OH is 1. The molecular formula is C11H18N2O4. The van der Waals surface area contributed by atoms with E-state index >= 15 is 0 Å². The van der Waals surface area contributed by atoms with E-state index in [1.807, 2.05) is 0 Å². The summed E-state index contributed by atoms with van der Waals surface area (Å²) in [7, 11) is 0. The molecule has 1 atom stereocenters. The summed E-state index contributed by atoms with van der Waals surface area (Å²) in [5.74, 6) is -0.821. The van der Waals surface area contributed by atoms with Crippen molar-refractivity contribution in [2.75, 3.05) is 19.7 Å². The Morgan fingerprint density at radius 3 is 2.53 bits per heavy atom. The van der Waals surface area contributed by atoms with Crippen LogP contribution in [-0.2, 0) is 4.79 Å². The Hall–Kier alpha value is -1.30. The number of rotatable bonds is 3. The lowest BCUT2D eigenvalue weighted by molar-refractivity contribution is -0.148. The van der Waals surface area contributed by atoms with Crippen molar-refractivity contribution < 1.29 is 19.8 Å². The molecule has 1 saturated carbocycles. The molecular weight excluding hydrogens is 224 g/mol. The summed E-state index contributed by atoms with van der Waals surface area (Å²) in [6.45, 7) is 1.18. The van der Waals surface area contributed by atoms with E-state index in [1.54, 1.807) is 4.90 Å². The quantitative estimate of drug-likeness (QED) is 0.650. The molecule has 2 amide bonds. The number of urea groups is 1. The van der Waals surface area contributed by atoms with Crippen LogP contribution in [0.1, 0.15) is 25.7 Å². The molecule has 1 unspecified atom stereocenters. The summed E-state index contributed by atoms with van der Waals surface area (Å²) in [5.41, 5.74) is -1.05. The SMILES string of the molecule is O=C(NC1(C(=O)O)CCC1)N1CCC(CO)C1. The number of carbonyl (C=O) groups is 2. The first-order valence-corrected chi connectivity index (χ1v) is 5.99. The first-order chi connectivity index (χ1) is 8.07. The molecule has 0 aromatic rings. The predicted molar refractivity (Wildman–Crippen MR) is 59.5 cm³/mol. The van der Waals surface area contributed by atoms with Gasteiger partial charge in [0, 0.05) is 25.6 Å². The van der Waals surface area contributed by atoms with Crippen molar-refractivity contribution in [2.24, 2.45) is 5.92 Å². The summed E-state index contributed by atoms with van der Waals surface area (Å²) in [6.07, 6.45) is 2.63. The van der Waals surface area contributed by atoms with Crippen LogP contribution in [0.5, 0.6) is 0 Å². The van der Waals surface area contributed by atoms with Crippen LogP contribution >= 0.6 is 0 Å². The van der Waals surface area contributed by atoms with E-state index in [2.05, 4.69) is 5.32 Å². The van der Waals surface area contributed by atoms with Crippen LogP contribution < -0.4 is 5.32 Å². The number of nitrogens with zero attached hydrogens (tertiary/aromatic N) is 1. The monoisotopic (exact) mass is 242 g/mol. The van der Waals surface area contributed by atoms with Crippen LogP contribution in [0.15, 0.2) is 0 Å². The third-order valence-corrected chi connectivity index (χ3v) is 3.79. The summed E-state index contributed by atoms with van der Waals surface area (Å²) in [6, 6.07) is -0.317. The zero-order valence-corrected chi connectivity index (χ0v) is 9.69. The predicted octanol–water partition coefficient (Wildman–Crippen LogP) is 0.0175. The van der Waals surface area contributed by atoms with E-state index in [0.29, 0.717) is 25.9 Å². The van der Waals surface area contributed by atoms with Crippen molar-refractivity contribution in [3.8, 4) is 0 Å². The van der Waals surface area contributed by atoms with Gasteiger partial charge in [-0.3, -0.25) is 0 Å².